The summed E-state index contributed by atoms with van der Waals surface area (Å²) < 4.78 is 21.1. The Balaban J connectivity index is 2.02. The van der Waals surface area contributed by atoms with Crippen molar-refractivity contribution >= 4 is 60.5 Å². The molecule has 2 heterocycles. The second-order valence-corrected chi connectivity index (χ2v) is 20.1. The summed E-state index contributed by atoms with van der Waals surface area (Å²) in [7, 11) is -1.22. The predicted molar refractivity (Wildman–Crippen MR) is 189 cm³/mol. The number of carbonyl (C=O) groups excluding carboxylic acids is 6. The van der Waals surface area contributed by atoms with Gasteiger partial charge in [-0.1, -0.05) is 20.8 Å². The SMILES string of the molecule is COC(=O)[C@H](COC(C)=O)NC(=O)[C@H](CO[Si](C)(C)C(C)(C)C)NC(=O)c1csc(N2CCC(C(=O)NCCNC(=O)OC(C)(C)C)CC2)n1. The predicted octanol–water partition coefficient (Wildman–Crippen LogP) is 2.34. The number of esters is 2. The minimum Gasteiger partial charge on any atom is -0.467 e. The third-order valence-corrected chi connectivity index (χ3v) is 13.6. The lowest BCUT2D eigenvalue weighted by Crippen LogP contribution is -2.56. The molecule has 0 radical (unpaired) electrons. The van der Waals surface area contributed by atoms with Crippen molar-refractivity contribution in [1.29, 1.82) is 0 Å². The molecule has 0 spiro atoms. The summed E-state index contributed by atoms with van der Waals surface area (Å²) in [5.41, 5.74) is -0.510. The molecule has 1 aromatic heterocycles. The van der Waals surface area contributed by atoms with E-state index in [1.807, 2.05) is 38.8 Å². The van der Waals surface area contributed by atoms with Gasteiger partial charge < -0.3 is 44.8 Å². The standard InChI is InChI=1S/C32H54N6O10SSi/c1-20(39)46-17-23(28(43)45-8)36-26(41)22(18-47-50(9,10)32(5,6)7)35-27(42)24-19-49-29(37-24)38-15-11-21(12-16-38)25(40)33-13-14-34-30(44)48-31(2,3)4/h19,21-23H,11-18H2,1-10H3,(H,33,40)(H,34,44)(H,35,42)(H,36,41)/t22-,23-/m0/s1. The molecule has 0 unspecified atom stereocenters. The maximum atomic E-state index is 13.4. The highest BCUT2D eigenvalue weighted by Crippen LogP contribution is 2.36. The van der Waals surface area contributed by atoms with E-state index in [-0.39, 0.29) is 42.3 Å². The van der Waals surface area contributed by atoms with Crippen LogP contribution in [0.25, 0.3) is 0 Å². The molecule has 282 valence electrons. The van der Waals surface area contributed by atoms with E-state index in [0.717, 1.165) is 7.11 Å². The largest absolute Gasteiger partial charge is 0.467 e. The molecule has 50 heavy (non-hydrogen) atoms. The fraction of sp³-hybridized carbons (Fsp3) is 0.719. The normalized spacial score (nSPS) is 15.3. The summed E-state index contributed by atoms with van der Waals surface area (Å²) >= 11 is 1.27. The van der Waals surface area contributed by atoms with Crippen molar-refractivity contribution in [1.82, 2.24) is 26.3 Å². The Kier molecular flexibility index (Phi) is 15.7. The first-order chi connectivity index (χ1) is 23.1. The third-order valence-electron chi connectivity index (χ3n) is 8.25. The van der Waals surface area contributed by atoms with Gasteiger partial charge in [0.05, 0.1) is 13.7 Å². The fourth-order valence-corrected chi connectivity index (χ4v) is 6.24. The van der Waals surface area contributed by atoms with E-state index in [2.05, 4.69) is 26.3 Å². The minimum absolute atomic E-state index is 0.0944. The second kappa shape index (κ2) is 18.5. The van der Waals surface area contributed by atoms with Crippen molar-refractivity contribution in [2.75, 3.05) is 51.4 Å². The number of thiazole rings is 1. The van der Waals surface area contributed by atoms with Gasteiger partial charge in [0.2, 0.25) is 11.8 Å². The average Bonchev–Trinajstić information content (AvgIpc) is 3.52. The molecular weight excluding hydrogens is 689 g/mol. The molecule has 4 N–H and O–H groups in total. The Hall–Kier alpha value is -3.77. The van der Waals surface area contributed by atoms with Crippen LogP contribution in [-0.2, 0) is 37.8 Å². The number of ether oxygens (including phenoxy) is 3. The van der Waals surface area contributed by atoms with E-state index in [9.17, 15) is 28.8 Å². The lowest BCUT2D eigenvalue weighted by atomic mass is 9.96. The van der Waals surface area contributed by atoms with Gasteiger partial charge in [-0.2, -0.15) is 0 Å². The van der Waals surface area contributed by atoms with Crippen LogP contribution < -0.4 is 26.2 Å². The van der Waals surface area contributed by atoms with Gasteiger partial charge in [-0.15, -0.1) is 11.3 Å². The molecular formula is C32H54N6O10SSi. The number of anilines is 1. The molecule has 0 aliphatic carbocycles. The zero-order chi connectivity index (χ0) is 37.9. The Labute approximate surface area is 299 Å². The Morgan fingerprint density at radius 1 is 0.960 bits per heavy atom. The van der Waals surface area contributed by atoms with Gasteiger partial charge in [0.15, 0.2) is 19.5 Å². The average molecular weight is 743 g/mol. The minimum atomic E-state index is -2.36. The Morgan fingerprint density at radius 3 is 2.14 bits per heavy atom. The molecule has 1 fully saturated rings. The van der Waals surface area contributed by atoms with E-state index in [1.54, 1.807) is 26.2 Å². The van der Waals surface area contributed by atoms with Gasteiger partial charge in [-0.3, -0.25) is 19.2 Å². The van der Waals surface area contributed by atoms with Crippen LogP contribution in [0, 0.1) is 5.92 Å². The summed E-state index contributed by atoms with van der Waals surface area (Å²) in [6.07, 6.45) is 0.612. The number of nitrogens with zero attached hydrogens (tertiary/aromatic N) is 2. The highest BCUT2D eigenvalue weighted by molar-refractivity contribution is 7.13. The number of hydrogen-bond donors (Lipinski definition) is 4. The van der Waals surface area contributed by atoms with E-state index in [0.29, 0.717) is 31.1 Å². The van der Waals surface area contributed by atoms with Crippen molar-refractivity contribution in [2.24, 2.45) is 5.92 Å². The van der Waals surface area contributed by atoms with Crippen LogP contribution in [0.1, 0.15) is 71.8 Å². The number of rotatable bonds is 15. The first-order valence-electron chi connectivity index (χ1n) is 16.5. The molecule has 2 rings (SSSR count). The van der Waals surface area contributed by atoms with Crippen molar-refractivity contribution in [3.8, 4) is 0 Å². The lowest BCUT2D eigenvalue weighted by molar-refractivity contribution is -0.151. The van der Waals surface area contributed by atoms with Crippen molar-refractivity contribution < 1.29 is 47.4 Å². The van der Waals surface area contributed by atoms with Crippen LogP contribution in [0.4, 0.5) is 9.93 Å². The van der Waals surface area contributed by atoms with Gasteiger partial charge in [-0.25, -0.2) is 14.6 Å². The highest BCUT2D eigenvalue weighted by atomic mass is 32.1. The molecule has 0 saturated carbocycles. The molecule has 16 nitrogen and oxygen atoms in total. The number of amides is 4. The number of hydrogen-bond acceptors (Lipinski definition) is 13. The molecule has 4 amide bonds. The van der Waals surface area contributed by atoms with Crippen molar-refractivity contribution in [2.45, 2.75) is 97.1 Å². The van der Waals surface area contributed by atoms with Crippen LogP contribution in [0.3, 0.4) is 0 Å². The van der Waals surface area contributed by atoms with Crippen molar-refractivity contribution in [3.05, 3.63) is 11.1 Å². The number of piperidine rings is 1. The Bertz CT molecular complexity index is 1350. The number of methoxy groups -OCH3 is 1. The van der Waals surface area contributed by atoms with Gasteiger partial charge in [0.1, 0.15) is 23.9 Å². The van der Waals surface area contributed by atoms with Crippen LogP contribution in [0.5, 0.6) is 0 Å². The highest BCUT2D eigenvalue weighted by Gasteiger charge is 2.39. The zero-order valence-electron chi connectivity index (χ0n) is 30.9. The van der Waals surface area contributed by atoms with E-state index >= 15 is 0 Å². The molecule has 0 bridgehead atoms. The number of nitrogens with one attached hydrogen (secondary N) is 4. The summed E-state index contributed by atoms with van der Waals surface area (Å²) in [5.74, 6) is -3.11. The first-order valence-corrected chi connectivity index (χ1v) is 20.3. The molecule has 1 saturated heterocycles. The molecule has 18 heteroatoms. The quantitative estimate of drug-likeness (QED) is 0.0886. The Morgan fingerprint density at radius 2 is 1.58 bits per heavy atom. The van der Waals surface area contributed by atoms with E-state index in [1.165, 1.54) is 18.3 Å². The second-order valence-electron chi connectivity index (χ2n) is 14.5. The van der Waals surface area contributed by atoms with Crippen LogP contribution in [0.15, 0.2) is 5.38 Å². The maximum Gasteiger partial charge on any atom is 0.407 e. The maximum absolute atomic E-state index is 13.4. The van der Waals surface area contributed by atoms with Gasteiger partial charge in [0, 0.05) is 44.4 Å². The lowest BCUT2D eigenvalue weighted by Gasteiger charge is -2.37. The van der Waals surface area contributed by atoms with E-state index in [4.69, 9.17) is 18.6 Å². The molecule has 1 aliphatic rings. The monoisotopic (exact) mass is 742 g/mol. The molecule has 0 aromatic carbocycles. The first kappa shape index (κ1) is 42.4. The molecule has 1 aliphatic heterocycles. The molecule has 1 aromatic rings. The summed E-state index contributed by atoms with van der Waals surface area (Å²) in [4.78, 5) is 81.5. The van der Waals surface area contributed by atoms with Crippen LogP contribution in [-0.4, -0.2) is 113 Å². The van der Waals surface area contributed by atoms with Gasteiger partial charge >= 0.3 is 18.0 Å². The third kappa shape index (κ3) is 13.9. The van der Waals surface area contributed by atoms with E-state index < -0.39 is 62.5 Å². The summed E-state index contributed by atoms with van der Waals surface area (Å²) in [6, 6.07) is -2.51. The number of alkyl carbamates (subject to hydrolysis) is 1. The zero-order valence-corrected chi connectivity index (χ0v) is 32.7. The smallest absolute Gasteiger partial charge is 0.407 e. The molecule has 2 atom stereocenters. The van der Waals surface area contributed by atoms with Crippen LogP contribution >= 0.6 is 11.3 Å². The number of carbonyl (C=O) groups is 6. The topological polar surface area (TPSA) is 204 Å². The van der Waals surface area contributed by atoms with Gasteiger partial charge in [0.25, 0.3) is 5.91 Å². The van der Waals surface area contributed by atoms with Crippen molar-refractivity contribution in [3.63, 3.8) is 0 Å². The fourth-order valence-electron chi connectivity index (χ4n) is 4.36. The van der Waals surface area contributed by atoms with Crippen LogP contribution in [0.2, 0.25) is 18.1 Å². The summed E-state index contributed by atoms with van der Waals surface area (Å²) in [5, 5.41) is 12.7. The summed E-state index contributed by atoms with van der Waals surface area (Å²) in [6.45, 7) is 17.6. The van der Waals surface area contributed by atoms with Gasteiger partial charge in [-0.05, 0) is 51.7 Å². The number of aromatic nitrogens is 1.